The highest BCUT2D eigenvalue weighted by Crippen LogP contribution is 2.46. The van der Waals surface area contributed by atoms with Gasteiger partial charge in [0.05, 0.1) is 0 Å². The van der Waals surface area contributed by atoms with Crippen molar-refractivity contribution in [3.63, 3.8) is 0 Å². The number of Topliss-reactive ketones (excluding diaryl/α,β-unsaturated/α-hetero) is 1. The number of hydrogen-bond acceptors (Lipinski definition) is 8. The lowest BCUT2D eigenvalue weighted by molar-refractivity contribution is -0.118. The highest BCUT2D eigenvalue weighted by atomic mass is 16.5. The standard InChI is InChI=1S/C23H18O8/c1-11(24)6-20-14-9-18(27)19(28)10-15(14)22-21(31-20)8-13(30-23(22)29)4-2-12-3-5-16(25)17(26)7-12/h2-5,7-10,20,25-28H,6H2,1H3/b4-2+/t20-/m1/s1. The Morgan fingerprint density at radius 1 is 0.968 bits per heavy atom. The number of ether oxygens (including phenoxy) is 1. The lowest BCUT2D eigenvalue weighted by Crippen LogP contribution is -2.20. The molecule has 0 amide bonds. The summed E-state index contributed by atoms with van der Waals surface area (Å²) in [4.78, 5) is 24.4. The minimum atomic E-state index is -0.751. The van der Waals surface area contributed by atoms with Crippen LogP contribution in [0.5, 0.6) is 28.7 Å². The number of phenols is 4. The molecule has 0 saturated heterocycles. The van der Waals surface area contributed by atoms with E-state index < -0.39 is 17.5 Å². The third kappa shape index (κ3) is 3.83. The Kier molecular flexibility index (Phi) is 4.90. The molecule has 1 aromatic heterocycles. The van der Waals surface area contributed by atoms with Crippen molar-refractivity contribution in [2.45, 2.75) is 19.4 Å². The summed E-state index contributed by atoms with van der Waals surface area (Å²) in [7, 11) is 0. The SMILES string of the molecule is CC(=O)C[C@H]1Oc2cc(/C=C/c3ccc(O)c(O)c3)oc(=O)c2-c2cc(O)c(O)cc21. The average Bonchev–Trinajstić information content (AvgIpc) is 2.69. The predicted octanol–water partition coefficient (Wildman–Crippen LogP) is 3.71. The predicted molar refractivity (Wildman–Crippen MR) is 111 cm³/mol. The van der Waals surface area contributed by atoms with Crippen molar-refractivity contribution in [1.29, 1.82) is 0 Å². The van der Waals surface area contributed by atoms with Crippen LogP contribution in [0.1, 0.15) is 36.3 Å². The number of carbonyl (C=O) groups is 1. The number of ketones is 1. The molecule has 8 nitrogen and oxygen atoms in total. The zero-order chi connectivity index (χ0) is 22.3. The van der Waals surface area contributed by atoms with E-state index in [2.05, 4.69) is 0 Å². The summed E-state index contributed by atoms with van der Waals surface area (Å²) in [6, 6.07) is 8.22. The largest absolute Gasteiger partial charge is 0.504 e. The van der Waals surface area contributed by atoms with Crippen LogP contribution in [-0.2, 0) is 4.79 Å². The molecule has 1 atom stereocenters. The molecule has 0 fully saturated rings. The zero-order valence-electron chi connectivity index (χ0n) is 16.3. The minimum Gasteiger partial charge on any atom is -0.504 e. The molecular formula is C23H18O8. The average molecular weight is 422 g/mol. The van der Waals surface area contributed by atoms with E-state index in [1.165, 1.54) is 43.3 Å². The van der Waals surface area contributed by atoms with Crippen LogP contribution in [0.25, 0.3) is 23.3 Å². The van der Waals surface area contributed by atoms with Gasteiger partial charge in [0.25, 0.3) is 0 Å². The molecular weight excluding hydrogens is 404 g/mol. The van der Waals surface area contributed by atoms with Crippen LogP contribution in [-0.4, -0.2) is 26.2 Å². The van der Waals surface area contributed by atoms with Gasteiger partial charge in [0.2, 0.25) is 0 Å². The maximum Gasteiger partial charge on any atom is 0.347 e. The molecule has 3 aromatic rings. The van der Waals surface area contributed by atoms with Crippen LogP contribution in [0.3, 0.4) is 0 Å². The van der Waals surface area contributed by atoms with Crippen molar-refractivity contribution in [3.05, 3.63) is 63.7 Å². The van der Waals surface area contributed by atoms with Gasteiger partial charge in [0.1, 0.15) is 29.0 Å². The number of hydrogen-bond donors (Lipinski definition) is 4. The fourth-order valence-corrected chi connectivity index (χ4v) is 3.44. The fourth-order valence-electron chi connectivity index (χ4n) is 3.44. The number of benzene rings is 2. The van der Waals surface area contributed by atoms with Crippen molar-refractivity contribution in [1.82, 2.24) is 0 Å². The Labute approximate surface area is 175 Å². The summed E-state index contributed by atoms with van der Waals surface area (Å²) < 4.78 is 11.2. The first-order valence-corrected chi connectivity index (χ1v) is 9.33. The number of carbonyl (C=O) groups excluding carboxylic acids is 1. The van der Waals surface area contributed by atoms with Gasteiger partial charge in [-0.25, -0.2) is 4.79 Å². The number of aromatic hydroxyl groups is 4. The van der Waals surface area contributed by atoms with Gasteiger partial charge in [-0.1, -0.05) is 12.1 Å². The van der Waals surface area contributed by atoms with Gasteiger partial charge in [-0.05, 0) is 42.8 Å². The molecule has 4 N–H and O–H groups in total. The summed E-state index contributed by atoms with van der Waals surface area (Å²) in [5.41, 5.74) is 0.614. The molecule has 0 saturated carbocycles. The van der Waals surface area contributed by atoms with Crippen LogP contribution < -0.4 is 10.4 Å². The van der Waals surface area contributed by atoms with Crippen LogP contribution >= 0.6 is 0 Å². The molecule has 8 heteroatoms. The van der Waals surface area contributed by atoms with E-state index in [0.717, 1.165) is 0 Å². The third-order valence-corrected chi connectivity index (χ3v) is 4.88. The molecule has 1 aliphatic heterocycles. The summed E-state index contributed by atoms with van der Waals surface area (Å²) in [5.74, 6) is -1.16. The Bertz CT molecular complexity index is 1290. The Balaban J connectivity index is 1.79. The zero-order valence-corrected chi connectivity index (χ0v) is 16.3. The van der Waals surface area contributed by atoms with E-state index in [4.69, 9.17) is 9.15 Å². The Hall–Kier alpha value is -4.20. The minimum absolute atomic E-state index is 0.00877. The second-order valence-corrected chi connectivity index (χ2v) is 7.20. The maximum absolute atomic E-state index is 12.7. The molecule has 0 spiro atoms. The first-order chi connectivity index (χ1) is 14.7. The smallest absolute Gasteiger partial charge is 0.347 e. The Morgan fingerprint density at radius 2 is 1.68 bits per heavy atom. The van der Waals surface area contributed by atoms with Crippen molar-refractivity contribution in [3.8, 4) is 39.9 Å². The topological polar surface area (TPSA) is 137 Å². The molecule has 0 aliphatic carbocycles. The molecule has 0 radical (unpaired) electrons. The highest BCUT2D eigenvalue weighted by Gasteiger charge is 2.31. The molecule has 4 rings (SSSR count). The van der Waals surface area contributed by atoms with Crippen LogP contribution in [0, 0.1) is 0 Å². The summed E-state index contributed by atoms with van der Waals surface area (Å²) in [5, 5.41) is 38.8. The van der Waals surface area contributed by atoms with Gasteiger partial charge in [-0.2, -0.15) is 0 Å². The van der Waals surface area contributed by atoms with Crippen molar-refractivity contribution >= 4 is 17.9 Å². The molecule has 158 valence electrons. The molecule has 2 aromatic carbocycles. The van der Waals surface area contributed by atoms with Gasteiger partial charge in [-0.15, -0.1) is 0 Å². The van der Waals surface area contributed by atoms with Gasteiger partial charge >= 0.3 is 5.63 Å². The summed E-state index contributed by atoms with van der Waals surface area (Å²) in [6.07, 6.45) is 2.31. The van der Waals surface area contributed by atoms with Crippen LogP contribution in [0.2, 0.25) is 0 Å². The first-order valence-electron chi connectivity index (χ1n) is 9.33. The van der Waals surface area contributed by atoms with E-state index in [-0.39, 0.29) is 46.5 Å². The summed E-state index contributed by atoms with van der Waals surface area (Å²) >= 11 is 0. The fraction of sp³-hybridized carbons (Fsp3) is 0.130. The van der Waals surface area contributed by atoms with Crippen molar-refractivity contribution in [2.75, 3.05) is 0 Å². The molecule has 1 aliphatic rings. The maximum atomic E-state index is 12.7. The lowest BCUT2D eigenvalue weighted by atomic mass is 9.91. The number of fused-ring (bicyclic) bond motifs is 3. The molecule has 31 heavy (non-hydrogen) atoms. The van der Waals surface area contributed by atoms with E-state index in [1.807, 2.05) is 0 Å². The van der Waals surface area contributed by atoms with E-state index in [1.54, 1.807) is 12.1 Å². The third-order valence-electron chi connectivity index (χ3n) is 4.88. The van der Waals surface area contributed by atoms with Gasteiger partial charge in [-0.3, -0.25) is 4.79 Å². The monoisotopic (exact) mass is 422 g/mol. The van der Waals surface area contributed by atoms with Crippen molar-refractivity contribution in [2.24, 2.45) is 0 Å². The van der Waals surface area contributed by atoms with Crippen LogP contribution in [0.4, 0.5) is 0 Å². The van der Waals surface area contributed by atoms with Gasteiger partial charge in [0.15, 0.2) is 23.0 Å². The number of rotatable bonds is 4. The number of phenolic OH excluding ortho intramolecular Hbond substituents is 4. The van der Waals surface area contributed by atoms with E-state index in [0.29, 0.717) is 16.7 Å². The van der Waals surface area contributed by atoms with Gasteiger partial charge < -0.3 is 29.6 Å². The van der Waals surface area contributed by atoms with E-state index >= 15 is 0 Å². The second-order valence-electron chi connectivity index (χ2n) is 7.20. The normalized spacial score (nSPS) is 14.7. The molecule has 0 bridgehead atoms. The summed E-state index contributed by atoms with van der Waals surface area (Å²) in [6.45, 7) is 1.40. The quantitative estimate of drug-likeness (QED) is 0.467. The highest BCUT2D eigenvalue weighted by molar-refractivity contribution is 5.81. The van der Waals surface area contributed by atoms with Crippen molar-refractivity contribution < 1.29 is 34.4 Å². The molecule has 0 unspecified atom stereocenters. The Morgan fingerprint density at radius 3 is 2.39 bits per heavy atom. The van der Waals surface area contributed by atoms with Gasteiger partial charge in [0, 0.05) is 23.6 Å². The second kappa shape index (κ2) is 7.56. The molecule has 2 heterocycles. The first kappa shape index (κ1) is 20.1. The van der Waals surface area contributed by atoms with Crippen LogP contribution in [0.15, 0.2) is 45.6 Å². The lowest BCUT2D eigenvalue weighted by Gasteiger charge is -2.28. The van der Waals surface area contributed by atoms with E-state index in [9.17, 15) is 30.0 Å².